The summed E-state index contributed by atoms with van der Waals surface area (Å²) in [6.07, 6.45) is 1.24. The molecule has 0 N–H and O–H groups in total. The van der Waals surface area contributed by atoms with Gasteiger partial charge in [0.05, 0.1) is 0 Å². The molecule has 0 atom stereocenters. The number of Topliss-reactive ketones (excluding diaryl/α,β-unsaturated/α-hetero) is 1. The highest BCUT2D eigenvalue weighted by Gasteiger charge is 2.08. The summed E-state index contributed by atoms with van der Waals surface area (Å²) in [5.41, 5.74) is 3.03. The van der Waals surface area contributed by atoms with Crippen LogP contribution < -0.4 is 0 Å². The molecule has 3 heteroatoms. The fraction of sp³-hybridized carbons (Fsp3) is 0.667. The molecule has 0 aliphatic carbocycles. The monoisotopic (exact) mass is 202 g/mol. The molecule has 0 bridgehead atoms. The first-order valence-corrected chi connectivity index (χ1v) is 8.11. The van der Waals surface area contributed by atoms with Crippen molar-refractivity contribution in [3.8, 4) is 11.5 Å². The Morgan fingerprint density at radius 2 is 2.00 bits per heavy atom. The SMILES string of the molecule is C[Si](C)(C)C#CC(=O)CCCCl. The van der Waals surface area contributed by atoms with E-state index in [1.54, 1.807) is 0 Å². The smallest absolute Gasteiger partial charge is 0.204 e. The van der Waals surface area contributed by atoms with E-state index in [9.17, 15) is 4.79 Å². The number of alkyl halides is 1. The molecular weight excluding hydrogens is 188 g/mol. The van der Waals surface area contributed by atoms with Crippen molar-refractivity contribution in [1.29, 1.82) is 0 Å². The summed E-state index contributed by atoms with van der Waals surface area (Å²) in [6.45, 7) is 6.36. The Balaban J connectivity index is 3.88. The third-order valence-electron chi connectivity index (χ3n) is 1.11. The van der Waals surface area contributed by atoms with Gasteiger partial charge < -0.3 is 0 Å². The van der Waals surface area contributed by atoms with Crippen LogP contribution in [0.25, 0.3) is 0 Å². The molecule has 0 aromatic carbocycles. The lowest BCUT2D eigenvalue weighted by Crippen LogP contribution is -2.17. The van der Waals surface area contributed by atoms with Gasteiger partial charge in [0, 0.05) is 12.3 Å². The molecule has 0 unspecified atom stereocenters. The van der Waals surface area contributed by atoms with Crippen molar-refractivity contribution in [2.45, 2.75) is 32.5 Å². The summed E-state index contributed by atoms with van der Waals surface area (Å²) in [5, 5.41) is 0. The van der Waals surface area contributed by atoms with Crippen LogP contribution in [0.4, 0.5) is 0 Å². The Labute approximate surface area is 80.5 Å². The topological polar surface area (TPSA) is 17.1 Å². The van der Waals surface area contributed by atoms with Gasteiger partial charge in [-0.1, -0.05) is 19.6 Å². The maximum absolute atomic E-state index is 11.0. The second-order valence-electron chi connectivity index (χ2n) is 3.72. The molecule has 1 nitrogen and oxygen atoms in total. The number of ketones is 1. The van der Waals surface area contributed by atoms with E-state index < -0.39 is 8.07 Å². The molecule has 0 radical (unpaired) electrons. The van der Waals surface area contributed by atoms with Crippen LogP contribution >= 0.6 is 11.6 Å². The van der Waals surface area contributed by atoms with E-state index >= 15 is 0 Å². The van der Waals surface area contributed by atoms with Gasteiger partial charge in [-0.05, 0) is 12.3 Å². The second-order valence-corrected chi connectivity index (χ2v) is 8.84. The van der Waals surface area contributed by atoms with Gasteiger partial charge in [-0.2, -0.15) is 0 Å². The van der Waals surface area contributed by atoms with Crippen molar-refractivity contribution in [3.63, 3.8) is 0 Å². The molecule has 68 valence electrons. The lowest BCUT2D eigenvalue weighted by atomic mass is 10.2. The maximum Gasteiger partial charge on any atom is 0.204 e. The van der Waals surface area contributed by atoms with Crippen molar-refractivity contribution in [3.05, 3.63) is 0 Å². The lowest BCUT2D eigenvalue weighted by Gasteiger charge is -2.02. The van der Waals surface area contributed by atoms with Gasteiger partial charge in [0.15, 0.2) is 0 Å². The first kappa shape index (κ1) is 11.7. The van der Waals surface area contributed by atoms with Crippen molar-refractivity contribution in [1.82, 2.24) is 0 Å². The average Bonchev–Trinajstić information content (AvgIpc) is 1.95. The van der Waals surface area contributed by atoms with E-state index in [4.69, 9.17) is 11.6 Å². The van der Waals surface area contributed by atoms with Gasteiger partial charge in [-0.25, -0.2) is 0 Å². The van der Waals surface area contributed by atoms with Gasteiger partial charge in [-0.3, -0.25) is 4.79 Å². The first-order valence-electron chi connectivity index (χ1n) is 4.07. The summed E-state index contributed by atoms with van der Waals surface area (Å²) < 4.78 is 0. The van der Waals surface area contributed by atoms with Crippen molar-refractivity contribution in [2.24, 2.45) is 0 Å². The van der Waals surface area contributed by atoms with Crippen LogP contribution in [0.5, 0.6) is 0 Å². The standard InChI is InChI=1S/C9H15ClOSi/c1-12(2,3)8-6-9(11)5-4-7-10/h4-5,7H2,1-3H3. The largest absolute Gasteiger partial charge is 0.285 e. The molecule has 0 saturated carbocycles. The zero-order chi connectivity index (χ0) is 9.61. The Morgan fingerprint density at radius 1 is 1.42 bits per heavy atom. The van der Waals surface area contributed by atoms with Crippen LogP contribution in [-0.4, -0.2) is 19.7 Å². The molecule has 0 amide bonds. The molecule has 0 aromatic rings. The minimum atomic E-state index is -1.37. The van der Waals surface area contributed by atoms with Gasteiger partial charge in [0.25, 0.3) is 0 Å². The van der Waals surface area contributed by atoms with E-state index in [1.165, 1.54) is 0 Å². The van der Waals surface area contributed by atoms with Gasteiger partial charge in [0.2, 0.25) is 5.78 Å². The summed E-state index contributed by atoms with van der Waals surface area (Å²) in [4.78, 5) is 11.0. The van der Waals surface area contributed by atoms with Gasteiger partial charge >= 0.3 is 0 Å². The molecule has 0 aromatic heterocycles. The fourth-order valence-corrected chi connectivity index (χ4v) is 1.20. The van der Waals surface area contributed by atoms with Gasteiger partial charge in [0.1, 0.15) is 8.07 Å². The minimum Gasteiger partial charge on any atom is -0.285 e. The molecule has 0 fully saturated rings. The molecule has 0 rings (SSSR count). The fourth-order valence-electron chi connectivity index (χ4n) is 0.547. The summed E-state index contributed by atoms with van der Waals surface area (Å²) in [7, 11) is -1.37. The lowest BCUT2D eigenvalue weighted by molar-refractivity contribution is -0.113. The summed E-state index contributed by atoms with van der Waals surface area (Å²) in [5.74, 6) is 3.24. The third-order valence-corrected chi connectivity index (χ3v) is 2.26. The Morgan fingerprint density at radius 3 is 2.42 bits per heavy atom. The number of rotatable bonds is 3. The highest BCUT2D eigenvalue weighted by atomic mass is 35.5. The molecule has 0 saturated heterocycles. The number of hydrogen-bond donors (Lipinski definition) is 0. The van der Waals surface area contributed by atoms with E-state index in [2.05, 4.69) is 31.1 Å². The minimum absolute atomic E-state index is 0.0260. The van der Waals surface area contributed by atoms with Crippen LogP contribution in [0.3, 0.4) is 0 Å². The third kappa shape index (κ3) is 7.84. The highest BCUT2D eigenvalue weighted by Crippen LogP contribution is 1.97. The number of hydrogen-bond acceptors (Lipinski definition) is 1. The zero-order valence-electron chi connectivity index (χ0n) is 7.91. The number of carbonyl (C=O) groups excluding carboxylic acids is 1. The normalized spacial score (nSPS) is 10.3. The first-order chi connectivity index (χ1) is 5.45. The van der Waals surface area contributed by atoms with Crippen molar-refractivity contribution >= 4 is 25.5 Å². The Bertz CT molecular complexity index is 207. The summed E-state index contributed by atoms with van der Waals surface area (Å²) >= 11 is 5.44. The van der Waals surface area contributed by atoms with Crippen LogP contribution in [0, 0.1) is 11.5 Å². The molecule has 0 aliphatic rings. The van der Waals surface area contributed by atoms with Crippen LogP contribution in [0.2, 0.25) is 19.6 Å². The molecule has 12 heavy (non-hydrogen) atoms. The molecule has 0 aliphatic heterocycles. The molecule has 0 heterocycles. The number of halogens is 1. The summed E-state index contributed by atoms with van der Waals surface area (Å²) in [6, 6.07) is 0. The predicted octanol–water partition coefficient (Wildman–Crippen LogP) is 2.46. The van der Waals surface area contributed by atoms with E-state index in [0.717, 1.165) is 6.42 Å². The second kappa shape index (κ2) is 5.39. The maximum atomic E-state index is 11.0. The number of carbonyl (C=O) groups is 1. The Hall–Kier alpha value is -0.263. The molecular formula is C9H15ClOSi. The predicted molar refractivity (Wildman–Crippen MR) is 56.1 cm³/mol. The van der Waals surface area contributed by atoms with E-state index in [0.29, 0.717) is 12.3 Å². The average molecular weight is 203 g/mol. The molecule has 0 spiro atoms. The van der Waals surface area contributed by atoms with Crippen molar-refractivity contribution < 1.29 is 4.79 Å². The Kier molecular flexibility index (Phi) is 5.28. The van der Waals surface area contributed by atoms with Crippen LogP contribution in [0.15, 0.2) is 0 Å². The highest BCUT2D eigenvalue weighted by molar-refractivity contribution is 6.84. The van der Waals surface area contributed by atoms with E-state index in [-0.39, 0.29) is 5.78 Å². The van der Waals surface area contributed by atoms with Crippen molar-refractivity contribution in [2.75, 3.05) is 5.88 Å². The quantitative estimate of drug-likeness (QED) is 0.391. The van der Waals surface area contributed by atoms with Crippen LogP contribution in [-0.2, 0) is 4.79 Å². The van der Waals surface area contributed by atoms with Crippen LogP contribution in [0.1, 0.15) is 12.8 Å². The van der Waals surface area contributed by atoms with Gasteiger partial charge in [-0.15, -0.1) is 17.1 Å². The van der Waals surface area contributed by atoms with E-state index in [1.807, 2.05) is 0 Å². The zero-order valence-corrected chi connectivity index (χ0v) is 9.66.